The number of ether oxygens (including phenoxy) is 2. The summed E-state index contributed by atoms with van der Waals surface area (Å²) >= 11 is 7.10. The van der Waals surface area contributed by atoms with E-state index >= 15 is 0 Å². The Morgan fingerprint density at radius 2 is 2.00 bits per heavy atom. The molecule has 0 aliphatic carbocycles. The van der Waals surface area contributed by atoms with Crippen LogP contribution in [-0.2, 0) is 4.79 Å². The molecule has 0 spiro atoms. The molecule has 0 bridgehead atoms. The van der Waals surface area contributed by atoms with E-state index in [1.807, 2.05) is 0 Å². The summed E-state index contributed by atoms with van der Waals surface area (Å²) in [5.41, 5.74) is 0.414. The summed E-state index contributed by atoms with van der Waals surface area (Å²) in [6.07, 6.45) is 1.75. The number of benzene rings is 1. The molecule has 1 unspecified atom stereocenters. The average molecular weight is 289 g/mol. The van der Waals surface area contributed by atoms with Gasteiger partial charge in [0.15, 0.2) is 17.3 Å². The fourth-order valence-electron chi connectivity index (χ4n) is 1.30. The van der Waals surface area contributed by atoms with Gasteiger partial charge in [0.1, 0.15) is 4.71 Å². The minimum atomic E-state index is -0.644. The minimum absolute atomic E-state index is 0.211. The number of halogens is 1. The van der Waals surface area contributed by atoms with Crippen LogP contribution in [0, 0.1) is 0 Å². The third-order valence-corrected chi connectivity index (χ3v) is 3.48. The van der Waals surface area contributed by atoms with E-state index in [2.05, 4.69) is 0 Å². The van der Waals surface area contributed by atoms with Gasteiger partial charge in [-0.05, 0) is 24.5 Å². The summed E-state index contributed by atoms with van der Waals surface area (Å²) in [7, 11) is 1.43. The number of methoxy groups -OCH3 is 1. The number of carbonyl (C=O) groups is 2. The molecular formula is C12H13ClO4S. The quantitative estimate of drug-likeness (QED) is 0.361. The van der Waals surface area contributed by atoms with Crippen molar-refractivity contribution in [3.05, 3.63) is 23.8 Å². The molecule has 0 fully saturated rings. The Balaban J connectivity index is 3.05. The van der Waals surface area contributed by atoms with Crippen LogP contribution >= 0.6 is 23.4 Å². The van der Waals surface area contributed by atoms with Crippen LogP contribution in [0.2, 0.25) is 0 Å². The van der Waals surface area contributed by atoms with Crippen molar-refractivity contribution in [1.82, 2.24) is 0 Å². The zero-order valence-corrected chi connectivity index (χ0v) is 11.8. The maximum Gasteiger partial charge on any atom is 0.308 e. The lowest BCUT2D eigenvalue weighted by Crippen LogP contribution is -2.11. The molecule has 0 aromatic heterocycles. The molecule has 0 heterocycles. The van der Waals surface area contributed by atoms with Crippen LogP contribution in [0.1, 0.15) is 17.3 Å². The van der Waals surface area contributed by atoms with Crippen molar-refractivity contribution in [3.63, 3.8) is 0 Å². The number of hydrogen-bond donors (Lipinski definition) is 0. The zero-order valence-electron chi connectivity index (χ0n) is 10.2. The maximum atomic E-state index is 11.9. The first-order chi connectivity index (χ1) is 8.49. The normalized spacial score (nSPS) is 11.8. The number of rotatable bonds is 5. The van der Waals surface area contributed by atoms with Gasteiger partial charge in [0.05, 0.1) is 7.11 Å². The van der Waals surface area contributed by atoms with Crippen LogP contribution < -0.4 is 9.47 Å². The van der Waals surface area contributed by atoms with E-state index in [1.165, 1.54) is 37.9 Å². The first-order valence-corrected chi connectivity index (χ1v) is 6.79. The van der Waals surface area contributed by atoms with Crippen LogP contribution in [-0.4, -0.2) is 29.8 Å². The number of ketones is 1. The Labute approximate surface area is 115 Å². The van der Waals surface area contributed by atoms with Gasteiger partial charge in [-0.3, -0.25) is 9.59 Å². The molecule has 0 radical (unpaired) electrons. The number of esters is 1. The van der Waals surface area contributed by atoms with Crippen LogP contribution in [0.25, 0.3) is 0 Å². The molecular weight excluding hydrogens is 276 g/mol. The van der Waals surface area contributed by atoms with Gasteiger partial charge in [0, 0.05) is 12.5 Å². The molecule has 1 aromatic rings. The molecule has 0 N–H and O–H groups in total. The highest BCUT2D eigenvalue weighted by atomic mass is 35.5. The fraction of sp³-hybridized carbons (Fsp3) is 0.333. The Bertz CT molecular complexity index is 461. The van der Waals surface area contributed by atoms with Gasteiger partial charge >= 0.3 is 5.97 Å². The molecule has 1 atom stereocenters. The third kappa shape index (κ3) is 3.65. The predicted octanol–water partition coefficient (Wildman–Crippen LogP) is 2.73. The minimum Gasteiger partial charge on any atom is -0.493 e. The zero-order chi connectivity index (χ0) is 13.7. The largest absolute Gasteiger partial charge is 0.493 e. The van der Waals surface area contributed by atoms with Crippen molar-refractivity contribution in [2.75, 3.05) is 13.4 Å². The highest BCUT2D eigenvalue weighted by Gasteiger charge is 2.18. The monoisotopic (exact) mass is 288 g/mol. The molecule has 98 valence electrons. The summed E-state index contributed by atoms with van der Waals surface area (Å²) in [6.45, 7) is 1.29. The average Bonchev–Trinajstić information content (AvgIpc) is 2.36. The van der Waals surface area contributed by atoms with Crippen molar-refractivity contribution in [1.29, 1.82) is 0 Å². The van der Waals surface area contributed by atoms with Gasteiger partial charge in [-0.1, -0.05) is 0 Å². The van der Waals surface area contributed by atoms with E-state index < -0.39 is 10.7 Å². The van der Waals surface area contributed by atoms with Crippen molar-refractivity contribution < 1.29 is 19.1 Å². The molecule has 0 aliphatic rings. The number of thioether (sulfide) groups is 1. The standard InChI is InChI=1S/C12H13ClO4S/c1-7(14)17-9-5-4-8(6-10(9)16-2)11(15)12(13)18-3/h4-6,12H,1-3H3. The van der Waals surface area contributed by atoms with E-state index in [4.69, 9.17) is 21.1 Å². The molecule has 0 saturated heterocycles. The van der Waals surface area contributed by atoms with E-state index in [0.717, 1.165) is 0 Å². The lowest BCUT2D eigenvalue weighted by molar-refractivity contribution is -0.132. The van der Waals surface area contributed by atoms with E-state index in [-0.39, 0.29) is 11.5 Å². The number of carbonyl (C=O) groups excluding carboxylic acids is 2. The Morgan fingerprint density at radius 1 is 1.33 bits per heavy atom. The van der Waals surface area contributed by atoms with Crippen molar-refractivity contribution in [3.8, 4) is 11.5 Å². The molecule has 6 heteroatoms. The lowest BCUT2D eigenvalue weighted by atomic mass is 10.1. The molecule has 0 saturated carbocycles. The van der Waals surface area contributed by atoms with Crippen LogP contribution in [0.5, 0.6) is 11.5 Å². The van der Waals surface area contributed by atoms with Crippen LogP contribution in [0.4, 0.5) is 0 Å². The van der Waals surface area contributed by atoms with Gasteiger partial charge in [-0.25, -0.2) is 0 Å². The summed E-state index contributed by atoms with van der Waals surface area (Å²) in [4.78, 5) is 22.7. The smallest absolute Gasteiger partial charge is 0.308 e. The van der Waals surface area contributed by atoms with Gasteiger partial charge in [0.25, 0.3) is 0 Å². The second-order valence-electron chi connectivity index (χ2n) is 3.38. The predicted molar refractivity (Wildman–Crippen MR) is 71.8 cm³/mol. The molecule has 0 amide bonds. The Kier molecular flexibility index (Phi) is 5.50. The number of alkyl halides is 1. The van der Waals surface area contributed by atoms with E-state index in [1.54, 1.807) is 12.3 Å². The molecule has 1 aromatic carbocycles. The van der Waals surface area contributed by atoms with E-state index in [9.17, 15) is 9.59 Å². The second kappa shape index (κ2) is 6.66. The Morgan fingerprint density at radius 3 is 2.50 bits per heavy atom. The summed E-state index contributed by atoms with van der Waals surface area (Å²) in [5, 5.41) is 0. The highest BCUT2D eigenvalue weighted by Crippen LogP contribution is 2.30. The van der Waals surface area contributed by atoms with Gasteiger partial charge in [0.2, 0.25) is 0 Å². The van der Waals surface area contributed by atoms with Gasteiger partial charge in [-0.2, -0.15) is 0 Å². The summed E-state index contributed by atoms with van der Waals surface area (Å²) < 4.78 is 9.37. The van der Waals surface area contributed by atoms with Crippen molar-refractivity contribution in [2.45, 2.75) is 11.6 Å². The summed E-state index contributed by atoms with van der Waals surface area (Å²) in [5.74, 6) is -0.0682. The van der Waals surface area contributed by atoms with E-state index in [0.29, 0.717) is 11.3 Å². The molecule has 18 heavy (non-hydrogen) atoms. The second-order valence-corrected chi connectivity index (χ2v) is 5.01. The Hall–Kier alpha value is -1.20. The number of Topliss-reactive ketones (excluding diaryl/α,β-unsaturated/α-hetero) is 1. The number of hydrogen-bond acceptors (Lipinski definition) is 5. The third-order valence-electron chi connectivity index (χ3n) is 2.11. The van der Waals surface area contributed by atoms with Crippen molar-refractivity contribution >= 4 is 35.1 Å². The van der Waals surface area contributed by atoms with Crippen LogP contribution in [0.15, 0.2) is 18.2 Å². The van der Waals surface area contributed by atoms with Crippen LogP contribution in [0.3, 0.4) is 0 Å². The first-order valence-electron chi connectivity index (χ1n) is 5.07. The molecule has 0 aliphatic heterocycles. The highest BCUT2D eigenvalue weighted by molar-refractivity contribution is 8.01. The topological polar surface area (TPSA) is 52.6 Å². The summed E-state index contributed by atoms with van der Waals surface area (Å²) in [6, 6.07) is 4.57. The van der Waals surface area contributed by atoms with Crippen molar-refractivity contribution in [2.24, 2.45) is 0 Å². The van der Waals surface area contributed by atoms with Gasteiger partial charge < -0.3 is 9.47 Å². The lowest BCUT2D eigenvalue weighted by Gasteiger charge is -2.10. The molecule has 1 rings (SSSR count). The fourth-order valence-corrected chi connectivity index (χ4v) is 1.77. The maximum absolute atomic E-state index is 11.9. The SMILES string of the molecule is COc1cc(C(=O)C(Cl)SC)ccc1OC(C)=O. The van der Waals surface area contributed by atoms with Gasteiger partial charge in [-0.15, -0.1) is 23.4 Å². The molecule has 4 nitrogen and oxygen atoms in total. The first kappa shape index (κ1) is 14.9.